The summed E-state index contributed by atoms with van der Waals surface area (Å²) in [5.41, 5.74) is 5.09. The molecule has 25 heavy (non-hydrogen) atoms. The molecule has 2 N–H and O–H groups in total. The maximum Gasteiger partial charge on any atom is 0.416 e. The number of nitriles is 1. The highest BCUT2D eigenvalue weighted by molar-refractivity contribution is 6.31. The summed E-state index contributed by atoms with van der Waals surface area (Å²) in [4.78, 5) is 0. The molecule has 0 aliphatic rings. The van der Waals surface area contributed by atoms with E-state index in [1.54, 1.807) is 19.3 Å². The van der Waals surface area contributed by atoms with Crippen molar-refractivity contribution in [3.8, 4) is 23.0 Å². The van der Waals surface area contributed by atoms with Crippen LogP contribution in [0.1, 0.15) is 11.3 Å². The van der Waals surface area contributed by atoms with E-state index in [-0.39, 0.29) is 27.7 Å². The maximum absolute atomic E-state index is 13.0. The van der Waals surface area contributed by atoms with Gasteiger partial charge in [0.15, 0.2) is 11.5 Å². The SMILES string of the molecule is Cn1ccc(-n2nc(C#N)c(-c3cc(Cl)cc(C(F)(F)F)c3)c2N)n1. The van der Waals surface area contributed by atoms with Crippen molar-refractivity contribution in [2.45, 2.75) is 6.18 Å². The minimum Gasteiger partial charge on any atom is -0.383 e. The number of halogens is 4. The third-order valence-electron chi connectivity index (χ3n) is 3.46. The van der Waals surface area contributed by atoms with Gasteiger partial charge in [-0.15, -0.1) is 0 Å². The van der Waals surface area contributed by atoms with Crippen molar-refractivity contribution < 1.29 is 13.2 Å². The van der Waals surface area contributed by atoms with Crippen molar-refractivity contribution in [2.24, 2.45) is 7.05 Å². The van der Waals surface area contributed by atoms with Crippen LogP contribution in [-0.2, 0) is 13.2 Å². The van der Waals surface area contributed by atoms with E-state index < -0.39 is 11.7 Å². The van der Waals surface area contributed by atoms with Crippen LogP contribution >= 0.6 is 11.6 Å². The molecule has 0 atom stereocenters. The molecule has 128 valence electrons. The molecule has 0 bridgehead atoms. The average Bonchev–Trinajstić information content (AvgIpc) is 3.09. The van der Waals surface area contributed by atoms with Gasteiger partial charge in [-0.2, -0.15) is 33.3 Å². The van der Waals surface area contributed by atoms with Crippen molar-refractivity contribution in [1.29, 1.82) is 5.26 Å². The van der Waals surface area contributed by atoms with E-state index in [0.717, 1.165) is 12.1 Å². The van der Waals surface area contributed by atoms with E-state index in [0.29, 0.717) is 5.82 Å². The number of nitrogens with two attached hydrogens (primary N) is 1. The number of hydrogen-bond acceptors (Lipinski definition) is 4. The lowest BCUT2D eigenvalue weighted by atomic mass is 10.0. The van der Waals surface area contributed by atoms with Gasteiger partial charge in [0.2, 0.25) is 0 Å². The van der Waals surface area contributed by atoms with Crippen LogP contribution in [0.2, 0.25) is 5.02 Å². The molecule has 0 aliphatic heterocycles. The van der Waals surface area contributed by atoms with Gasteiger partial charge in [0, 0.05) is 24.3 Å². The van der Waals surface area contributed by atoms with Crippen LogP contribution < -0.4 is 5.73 Å². The van der Waals surface area contributed by atoms with Gasteiger partial charge >= 0.3 is 6.18 Å². The van der Waals surface area contributed by atoms with Crippen LogP contribution in [0.4, 0.5) is 19.0 Å². The van der Waals surface area contributed by atoms with Crippen molar-refractivity contribution in [3.05, 3.63) is 46.7 Å². The zero-order valence-electron chi connectivity index (χ0n) is 12.7. The molecule has 6 nitrogen and oxygen atoms in total. The lowest BCUT2D eigenvalue weighted by Crippen LogP contribution is -2.06. The summed E-state index contributed by atoms with van der Waals surface area (Å²) in [5, 5.41) is 17.3. The first-order valence-electron chi connectivity index (χ1n) is 6.87. The Labute approximate surface area is 144 Å². The van der Waals surface area contributed by atoms with Gasteiger partial charge in [0.05, 0.1) is 11.1 Å². The van der Waals surface area contributed by atoms with Crippen molar-refractivity contribution in [3.63, 3.8) is 0 Å². The number of nitrogens with zero attached hydrogens (tertiary/aromatic N) is 5. The summed E-state index contributed by atoms with van der Waals surface area (Å²) in [5.74, 6) is 0.325. The standard InChI is InChI=1S/C15H10ClF3N6/c1-24-3-2-12(23-24)25-14(21)13(11(7-20)22-25)8-4-9(15(17,18)19)6-10(16)5-8/h2-6H,21H2,1H3. The molecule has 0 fully saturated rings. The average molecular weight is 367 g/mol. The number of aryl methyl sites for hydroxylation is 1. The van der Waals surface area contributed by atoms with Crippen LogP contribution in [0, 0.1) is 11.3 Å². The largest absolute Gasteiger partial charge is 0.416 e. The molecule has 0 radical (unpaired) electrons. The Kier molecular flexibility index (Phi) is 3.93. The van der Waals surface area contributed by atoms with Gasteiger partial charge in [-0.05, 0) is 23.8 Å². The molecule has 0 spiro atoms. The molecule has 1 aromatic carbocycles. The minimum atomic E-state index is -4.59. The van der Waals surface area contributed by atoms with Gasteiger partial charge in [0.1, 0.15) is 11.9 Å². The second-order valence-electron chi connectivity index (χ2n) is 5.21. The highest BCUT2D eigenvalue weighted by atomic mass is 35.5. The first kappa shape index (κ1) is 16.9. The highest BCUT2D eigenvalue weighted by Gasteiger charge is 2.32. The van der Waals surface area contributed by atoms with E-state index in [4.69, 9.17) is 17.3 Å². The molecule has 3 rings (SSSR count). The third kappa shape index (κ3) is 3.04. The number of aromatic nitrogens is 4. The molecule has 10 heteroatoms. The number of benzene rings is 1. The number of anilines is 1. The lowest BCUT2D eigenvalue weighted by Gasteiger charge is -2.10. The Morgan fingerprint density at radius 1 is 1.24 bits per heavy atom. The summed E-state index contributed by atoms with van der Waals surface area (Å²) in [6.07, 6.45) is -2.94. The van der Waals surface area contributed by atoms with E-state index in [2.05, 4.69) is 10.2 Å². The second-order valence-corrected chi connectivity index (χ2v) is 5.64. The first-order chi connectivity index (χ1) is 11.7. The Hall–Kier alpha value is -2.99. The zero-order valence-corrected chi connectivity index (χ0v) is 13.5. The van der Waals surface area contributed by atoms with Gasteiger partial charge in [0.25, 0.3) is 0 Å². The van der Waals surface area contributed by atoms with Gasteiger partial charge < -0.3 is 5.73 Å². The smallest absolute Gasteiger partial charge is 0.383 e. The predicted molar refractivity (Wildman–Crippen MR) is 84.9 cm³/mol. The molecule has 3 aromatic rings. The van der Waals surface area contributed by atoms with Crippen LogP contribution in [0.5, 0.6) is 0 Å². The van der Waals surface area contributed by atoms with E-state index in [1.807, 2.05) is 6.07 Å². The normalized spacial score (nSPS) is 11.5. The van der Waals surface area contributed by atoms with Crippen LogP contribution in [0.3, 0.4) is 0 Å². The van der Waals surface area contributed by atoms with Gasteiger partial charge in [-0.3, -0.25) is 4.68 Å². The number of hydrogen-bond donors (Lipinski definition) is 1. The zero-order chi connectivity index (χ0) is 18.4. The summed E-state index contributed by atoms with van der Waals surface area (Å²) in [6, 6.07) is 6.42. The summed E-state index contributed by atoms with van der Waals surface area (Å²) in [7, 11) is 1.68. The fourth-order valence-electron chi connectivity index (χ4n) is 2.38. The minimum absolute atomic E-state index is 0.00867. The van der Waals surface area contributed by atoms with Crippen LogP contribution in [-0.4, -0.2) is 19.6 Å². The Balaban J connectivity index is 2.23. The van der Waals surface area contributed by atoms with Crippen LogP contribution in [0.15, 0.2) is 30.5 Å². The number of alkyl halides is 3. The van der Waals surface area contributed by atoms with Crippen molar-refractivity contribution >= 4 is 17.4 Å². The number of nitrogen functional groups attached to an aromatic ring is 1. The Morgan fingerprint density at radius 3 is 2.52 bits per heavy atom. The van der Waals surface area contributed by atoms with E-state index in [9.17, 15) is 18.4 Å². The monoisotopic (exact) mass is 366 g/mol. The molecular weight excluding hydrogens is 357 g/mol. The molecule has 0 amide bonds. The lowest BCUT2D eigenvalue weighted by molar-refractivity contribution is -0.137. The molecule has 0 saturated carbocycles. The summed E-state index contributed by atoms with van der Waals surface area (Å²) >= 11 is 5.81. The van der Waals surface area contributed by atoms with Crippen LogP contribution in [0.25, 0.3) is 16.9 Å². The second kappa shape index (κ2) is 5.82. The van der Waals surface area contributed by atoms with Crippen molar-refractivity contribution in [1.82, 2.24) is 19.6 Å². The van der Waals surface area contributed by atoms with E-state index >= 15 is 0 Å². The third-order valence-corrected chi connectivity index (χ3v) is 3.68. The molecule has 0 unspecified atom stereocenters. The maximum atomic E-state index is 13.0. The van der Waals surface area contributed by atoms with Gasteiger partial charge in [-0.25, -0.2) is 0 Å². The molecule has 0 aliphatic carbocycles. The highest BCUT2D eigenvalue weighted by Crippen LogP contribution is 2.38. The fraction of sp³-hybridized carbons (Fsp3) is 0.133. The molecule has 2 aromatic heterocycles. The quantitative estimate of drug-likeness (QED) is 0.753. The van der Waals surface area contributed by atoms with E-state index in [1.165, 1.54) is 15.4 Å². The fourth-order valence-corrected chi connectivity index (χ4v) is 2.62. The van der Waals surface area contributed by atoms with Crippen molar-refractivity contribution in [2.75, 3.05) is 5.73 Å². The molecular formula is C15H10ClF3N6. The Bertz CT molecular complexity index is 996. The Morgan fingerprint density at radius 2 is 1.96 bits per heavy atom. The summed E-state index contributed by atoms with van der Waals surface area (Å²) in [6.45, 7) is 0. The number of rotatable bonds is 2. The predicted octanol–water partition coefficient (Wildman–Crippen LogP) is 3.40. The van der Waals surface area contributed by atoms with Gasteiger partial charge in [-0.1, -0.05) is 11.6 Å². The summed E-state index contributed by atoms with van der Waals surface area (Å²) < 4.78 is 41.8. The first-order valence-corrected chi connectivity index (χ1v) is 7.25. The topological polar surface area (TPSA) is 85.5 Å². The molecule has 0 saturated heterocycles. The molecule has 2 heterocycles.